The molecule has 1 aromatic heterocycles. The van der Waals surface area contributed by atoms with Crippen LogP contribution in [0.25, 0.3) is 0 Å². The summed E-state index contributed by atoms with van der Waals surface area (Å²) in [6.07, 6.45) is 8.45. The van der Waals surface area contributed by atoms with E-state index < -0.39 is 0 Å². The number of nitrogens with zero attached hydrogens (tertiary/aromatic N) is 4. The summed E-state index contributed by atoms with van der Waals surface area (Å²) in [4.78, 5) is 15.0. The molecule has 0 bridgehead atoms. The molecular weight excluding hydrogens is 402 g/mol. The summed E-state index contributed by atoms with van der Waals surface area (Å²) >= 11 is 0. The highest BCUT2D eigenvalue weighted by Gasteiger charge is 2.29. The van der Waals surface area contributed by atoms with E-state index in [2.05, 4.69) is 45.8 Å². The first-order valence-electron chi connectivity index (χ1n) is 12.6. The zero-order valence-corrected chi connectivity index (χ0v) is 20.3. The van der Waals surface area contributed by atoms with Crippen LogP contribution in [-0.4, -0.2) is 65.0 Å². The molecule has 1 fully saturated rings. The van der Waals surface area contributed by atoms with Crippen LogP contribution in [0, 0.1) is 11.3 Å². The van der Waals surface area contributed by atoms with E-state index in [4.69, 9.17) is 4.74 Å². The number of carbonyl (C=O) groups excluding carboxylic acids is 1. The number of hydrogen-bond donors (Lipinski definition) is 1. The molecule has 4 rings (SSSR count). The van der Waals surface area contributed by atoms with Gasteiger partial charge in [-0.05, 0) is 50.9 Å². The van der Waals surface area contributed by atoms with E-state index in [1.165, 1.54) is 25.7 Å². The number of carbonyl (C=O) groups is 1. The molecule has 7 nitrogen and oxygen atoms in total. The van der Waals surface area contributed by atoms with E-state index in [9.17, 15) is 4.79 Å². The monoisotopic (exact) mass is 443 g/mol. The van der Waals surface area contributed by atoms with Crippen molar-refractivity contribution in [2.45, 2.75) is 78.7 Å². The molecule has 1 N–H and O–H groups in total. The minimum absolute atomic E-state index is 0.0979. The van der Waals surface area contributed by atoms with Crippen molar-refractivity contribution in [3.8, 4) is 0 Å². The summed E-state index contributed by atoms with van der Waals surface area (Å²) in [5.41, 5.74) is 3.67. The van der Waals surface area contributed by atoms with Gasteiger partial charge in [0.05, 0.1) is 0 Å². The van der Waals surface area contributed by atoms with Crippen LogP contribution in [0.2, 0.25) is 0 Å². The van der Waals surface area contributed by atoms with E-state index in [0.29, 0.717) is 25.2 Å². The lowest BCUT2D eigenvalue weighted by molar-refractivity contribution is -0.127. The molecule has 0 spiro atoms. The Morgan fingerprint density at radius 3 is 2.72 bits per heavy atom. The zero-order chi connectivity index (χ0) is 22.6. The minimum Gasteiger partial charge on any atom is -0.381 e. The summed E-state index contributed by atoms with van der Waals surface area (Å²) in [6.45, 7) is 13.3. The SMILES string of the molecule is CC1=C(CCN2CCc3nnc(CCNC(=O)C4CCOCC4)n3CC2)C(C)(C)CCC1. The molecule has 1 saturated heterocycles. The van der Waals surface area contributed by atoms with Crippen LogP contribution < -0.4 is 5.32 Å². The summed E-state index contributed by atoms with van der Waals surface area (Å²) in [7, 11) is 0. The fraction of sp³-hybridized carbons (Fsp3) is 0.800. The maximum absolute atomic E-state index is 12.4. The molecule has 0 saturated carbocycles. The van der Waals surface area contributed by atoms with Gasteiger partial charge in [0.1, 0.15) is 11.6 Å². The van der Waals surface area contributed by atoms with Crippen molar-refractivity contribution in [2.24, 2.45) is 11.3 Å². The van der Waals surface area contributed by atoms with Crippen LogP contribution in [0.1, 0.15) is 70.9 Å². The average molecular weight is 444 g/mol. The Kier molecular flexibility index (Phi) is 7.66. The molecule has 0 atom stereocenters. The Bertz CT molecular complexity index is 822. The van der Waals surface area contributed by atoms with Gasteiger partial charge in [-0.15, -0.1) is 10.2 Å². The third-order valence-corrected chi connectivity index (χ3v) is 7.80. The van der Waals surface area contributed by atoms with Gasteiger partial charge in [-0.1, -0.05) is 25.0 Å². The van der Waals surface area contributed by atoms with E-state index in [1.54, 1.807) is 11.1 Å². The van der Waals surface area contributed by atoms with Crippen LogP contribution >= 0.6 is 0 Å². The van der Waals surface area contributed by atoms with Gasteiger partial charge in [0.25, 0.3) is 0 Å². The highest BCUT2D eigenvalue weighted by molar-refractivity contribution is 5.78. The Hall–Kier alpha value is -1.73. The number of hydrogen-bond acceptors (Lipinski definition) is 5. The van der Waals surface area contributed by atoms with Crippen molar-refractivity contribution in [3.05, 3.63) is 22.8 Å². The van der Waals surface area contributed by atoms with Crippen molar-refractivity contribution in [1.29, 1.82) is 0 Å². The predicted octanol–water partition coefficient (Wildman–Crippen LogP) is 3.14. The van der Waals surface area contributed by atoms with Crippen LogP contribution in [-0.2, 0) is 28.9 Å². The molecular formula is C25H41N5O2. The van der Waals surface area contributed by atoms with Gasteiger partial charge in [0.15, 0.2) is 0 Å². The molecule has 1 amide bonds. The summed E-state index contributed by atoms with van der Waals surface area (Å²) in [5, 5.41) is 12.0. The second kappa shape index (κ2) is 10.5. The lowest BCUT2D eigenvalue weighted by Gasteiger charge is -2.35. The second-order valence-electron chi connectivity index (χ2n) is 10.4. The quantitative estimate of drug-likeness (QED) is 0.656. The normalized spacial score (nSPS) is 22.5. The number of aromatic nitrogens is 3. The smallest absolute Gasteiger partial charge is 0.223 e. The lowest BCUT2D eigenvalue weighted by Crippen LogP contribution is -2.35. The zero-order valence-electron chi connectivity index (χ0n) is 20.3. The Labute approximate surface area is 193 Å². The molecule has 178 valence electrons. The molecule has 3 heterocycles. The molecule has 3 aliphatic rings. The average Bonchev–Trinajstić information content (AvgIpc) is 3.04. The molecule has 0 unspecified atom stereocenters. The summed E-state index contributed by atoms with van der Waals surface area (Å²) in [6, 6.07) is 0. The van der Waals surface area contributed by atoms with Gasteiger partial charge < -0.3 is 19.5 Å². The third-order valence-electron chi connectivity index (χ3n) is 7.80. The fourth-order valence-corrected chi connectivity index (χ4v) is 5.73. The highest BCUT2D eigenvalue weighted by atomic mass is 16.5. The van der Waals surface area contributed by atoms with Crippen molar-refractivity contribution in [3.63, 3.8) is 0 Å². The van der Waals surface area contributed by atoms with E-state index in [1.807, 2.05) is 0 Å². The molecule has 0 radical (unpaired) electrons. The van der Waals surface area contributed by atoms with Crippen molar-refractivity contribution >= 4 is 5.91 Å². The summed E-state index contributed by atoms with van der Waals surface area (Å²) < 4.78 is 7.64. The number of ether oxygens (including phenoxy) is 1. The van der Waals surface area contributed by atoms with Crippen LogP contribution in [0.4, 0.5) is 0 Å². The number of allylic oxidation sites excluding steroid dienone is 1. The van der Waals surface area contributed by atoms with Crippen molar-refractivity contribution in [2.75, 3.05) is 39.4 Å². The van der Waals surface area contributed by atoms with Gasteiger partial charge >= 0.3 is 0 Å². The Morgan fingerprint density at radius 1 is 1.12 bits per heavy atom. The number of fused-ring (bicyclic) bond motifs is 1. The molecule has 32 heavy (non-hydrogen) atoms. The number of nitrogens with one attached hydrogen (secondary N) is 1. The van der Waals surface area contributed by atoms with Crippen molar-refractivity contribution < 1.29 is 9.53 Å². The first-order valence-corrected chi connectivity index (χ1v) is 12.6. The standard InChI is InChI=1S/C25H41N5O2/c1-19-5-4-11-25(2,3)21(19)7-13-29-14-8-23-28-27-22(30(23)16-15-29)6-12-26-24(31)20-9-17-32-18-10-20/h20H,4-18H2,1-3H3,(H,26,31). The van der Waals surface area contributed by atoms with E-state index >= 15 is 0 Å². The molecule has 0 aromatic carbocycles. The van der Waals surface area contributed by atoms with Gasteiger partial charge in [-0.25, -0.2) is 0 Å². The maximum atomic E-state index is 12.4. The lowest BCUT2D eigenvalue weighted by atomic mass is 9.71. The topological polar surface area (TPSA) is 72.3 Å². The second-order valence-corrected chi connectivity index (χ2v) is 10.4. The summed E-state index contributed by atoms with van der Waals surface area (Å²) in [5.74, 6) is 2.35. The largest absolute Gasteiger partial charge is 0.381 e. The van der Waals surface area contributed by atoms with Crippen molar-refractivity contribution in [1.82, 2.24) is 25.0 Å². The van der Waals surface area contributed by atoms with Gasteiger partial charge in [0, 0.05) is 64.7 Å². The molecule has 7 heteroatoms. The minimum atomic E-state index is 0.0979. The molecule has 2 aliphatic heterocycles. The first-order chi connectivity index (χ1) is 15.4. The van der Waals surface area contributed by atoms with Gasteiger partial charge in [-0.2, -0.15) is 0 Å². The Balaban J connectivity index is 1.26. The maximum Gasteiger partial charge on any atom is 0.223 e. The number of amides is 1. The van der Waals surface area contributed by atoms with Crippen LogP contribution in [0.15, 0.2) is 11.1 Å². The van der Waals surface area contributed by atoms with Crippen LogP contribution in [0.5, 0.6) is 0 Å². The first kappa shape index (κ1) is 23.4. The molecule has 1 aliphatic carbocycles. The van der Waals surface area contributed by atoms with E-state index in [0.717, 1.165) is 63.5 Å². The number of rotatable bonds is 7. The third kappa shape index (κ3) is 5.60. The predicted molar refractivity (Wildman–Crippen MR) is 125 cm³/mol. The fourth-order valence-electron chi connectivity index (χ4n) is 5.73. The van der Waals surface area contributed by atoms with E-state index in [-0.39, 0.29) is 11.8 Å². The Morgan fingerprint density at radius 2 is 1.94 bits per heavy atom. The van der Waals surface area contributed by atoms with Gasteiger partial charge in [-0.3, -0.25) is 4.79 Å². The highest BCUT2D eigenvalue weighted by Crippen LogP contribution is 2.41. The van der Waals surface area contributed by atoms with Gasteiger partial charge in [0.2, 0.25) is 5.91 Å². The van der Waals surface area contributed by atoms with Crippen LogP contribution in [0.3, 0.4) is 0 Å². The molecule has 1 aromatic rings.